The number of hydrogen-bond acceptors (Lipinski definition) is 3. The molecule has 2 rings (SSSR count). The molecule has 0 aliphatic rings. The molecule has 0 radical (unpaired) electrons. The lowest BCUT2D eigenvalue weighted by molar-refractivity contribution is 0.535. The van der Waals surface area contributed by atoms with Gasteiger partial charge in [-0.05, 0) is 43.3 Å². The van der Waals surface area contributed by atoms with Crippen molar-refractivity contribution in [1.29, 1.82) is 0 Å². The molecule has 2 aromatic rings. The van der Waals surface area contributed by atoms with E-state index in [0.717, 1.165) is 23.7 Å². The summed E-state index contributed by atoms with van der Waals surface area (Å²) in [4.78, 5) is 1.24. The van der Waals surface area contributed by atoms with Crippen LogP contribution in [0.1, 0.15) is 25.1 Å². The first kappa shape index (κ1) is 15.4. The molecule has 0 bridgehead atoms. The molecule has 3 nitrogen and oxygen atoms in total. The second-order valence-electron chi connectivity index (χ2n) is 4.65. The van der Waals surface area contributed by atoms with Crippen LogP contribution in [0.3, 0.4) is 0 Å². The molecule has 0 fully saturated rings. The van der Waals surface area contributed by atoms with Gasteiger partial charge in [0.05, 0.1) is 11.7 Å². The Morgan fingerprint density at radius 1 is 1.30 bits per heavy atom. The van der Waals surface area contributed by atoms with Gasteiger partial charge < -0.3 is 5.32 Å². The molecule has 20 heavy (non-hydrogen) atoms. The SMILES string of the molecule is CCCNC(CSc1ccc(Cl)cc1)c1ccnn1C. The molecular formula is C15H20ClN3S. The van der Waals surface area contributed by atoms with Gasteiger partial charge >= 0.3 is 0 Å². The molecule has 0 aliphatic heterocycles. The van der Waals surface area contributed by atoms with Crippen molar-refractivity contribution in [2.75, 3.05) is 12.3 Å². The lowest BCUT2D eigenvalue weighted by Gasteiger charge is -2.18. The first-order valence-electron chi connectivity index (χ1n) is 6.80. The Bertz CT molecular complexity index is 524. The molecule has 1 aromatic carbocycles. The van der Waals surface area contributed by atoms with Crippen molar-refractivity contribution >= 4 is 23.4 Å². The molecule has 1 heterocycles. The van der Waals surface area contributed by atoms with Gasteiger partial charge in [0.1, 0.15) is 0 Å². The Hall–Kier alpha value is -0.970. The number of rotatable bonds is 7. The highest BCUT2D eigenvalue weighted by atomic mass is 35.5. The second kappa shape index (κ2) is 7.72. The highest BCUT2D eigenvalue weighted by Crippen LogP contribution is 2.25. The minimum absolute atomic E-state index is 0.308. The van der Waals surface area contributed by atoms with Crippen molar-refractivity contribution < 1.29 is 0 Å². The summed E-state index contributed by atoms with van der Waals surface area (Å²) in [5, 5.41) is 8.63. The smallest absolute Gasteiger partial charge is 0.0587 e. The Labute approximate surface area is 129 Å². The highest BCUT2D eigenvalue weighted by Gasteiger charge is 2.14. The summed E-state index contributed by atoms with van der Waals surface area (Å²) >= 11 is 7.74. The summed E-state index contributed by atoms with van der Waals surface area (Å²) in [7, 11) is 1.99. The Morgan fingerprint density at radius 2 is 2.05 bits per heavy atom. The van der Waals surface area contributed by atoms with E-state index >= 15 is 0 Å². The van der Waals surface area contributed by atoms with Crippen LogP contribution >= 0.6 is 23.4 Å². The first-order valence-corrected chi connectivity index (χ1v) is 8.16. The van der Waals surface area contributed by atoms with Crippen molar-refractivity contribution in [3.05, 3.63) is 47.2 Å². The molecular weight excluding hydrogens is 290 g/mol. The predicted molar refractivity (Wildman–Crippen MR) is 86.4 cm³/mol. The minimum atomic E-state index is 0.308. The van der Waals surface area contributed by atoms with E-state index in [2.05, 4.69) is 35.5 Å². The molecule has 0 saturated carbocycles. The Morgan fingerprint density at radius 3 is 2.65 bits per heavy atom. The van der Waals surface area contributed by atoms with Crippen LogP contribution in [0, 0.1) is 0 Å². The van der Waals surface area contributed by atoms with Gasteiger partial charge in [0, 0.05) is 28.9 Å². The van der Waals surface area contributed by atoms with E-state index in [4.69, 9.17) is 11.6 Å². The van der Waals surface area contributed by atoms with Crippen LogP contribution in [-0.4, -0.2) is 22.1 Å². The number of thioether (sulfide) groups is 1. The van der Waals surface area contributed by atoms with Crippen LogP contribution in [0.25, 0.3) is 0 Å². The van der Waals surface area contributed by atoms with Crippen LogP contribution in [0.2, 0.25) is 5.02 Å². The fraction of sp³-hybridized carbons (Fsp3) is 0.400. The van der Waals surface area contributed by atoms with Crippen LogP contribution in [-0.2, 0) is 7.05 Å². The van der Waals surface area contributed by atoms with Gasteiger partial charge in [-0.1, -0.05) is 18.5 Å². The van der Waals surface area contributed by atoms with Crippen LogP contribution in [0.5, 0.6) is 0 Å². The zero-order valence-corrected chi connectivity index (χ0v) is 13.4. The number of hydrogen-bond donors (Lipinski definition) is 1. The number of aromatic nitrogens is 2. The fourth-order valence-electron chi connectivity index (χ4n) is 2.00. The van der Waals surface area contributed by atoms with Gasteiger partial charge in [-0.25, -0.2) is 0 Å². The second-order valence-corrected chi connectivity index (χ2v) is 6.18. The Balaban J connectivity index is 2.01. The fourth-order valence-corrected chi connectivity index (χ4v) is 3.11. The zero-order valence-electron chi connectivity index (χ0n) is 11.8. The van der Waals surface area contributed by atoms with E-state index in [1.165, 1.54) is 10.6 Å². The number of nitrogens with zero attached hydrogens (tertiary/aromatic N) is 2. The van der Waals surface area contributed by atoms with E-state index in [1.807, 2.05) is 41.8 Å². The molecule has 1 aromatic heterocycles. The molecule has 5 heteroatoms. The first-order chi connectivity index (χ1) is 9.70. The predicted octanol–water partition coefficient (Wildman–Crippen LogP) is 3.91. The van der Waals surface area contributed by atoms with Crippen LogP contribution in [0.4, 0.5) is 0 Å². The summed E-state index contributed by atoms with van der Waals surface area (Å²) in [6, 6.07) is 10.4. The van der Waals surface area contributed by atoms with Gasteiger partial charge in [-0.3, -0.25) is 4.68 Å². The van der Waals surface area contributed by atoms with Crippen LogP contribution < -0.4 is 5.32 Å². The number of aryl methyl sites for hydroxylation is 1. The molecule has 0 amide bonds. The van der Waals surface area contributed by atoms with Crippen molar-refractivity contribution in [1.82, 2.24) is 15.1 Å². The summed E-state index contributed by atoms with van der Waals surface area (Å²) in [6.45, 7) is 3.19. The number of nitrogens with one attached hydrogen (secondary N) is 1. The van der Waals surface area contributed by atoms with E-state index in [9.17, 15) is 0 Å². The lowest BCUT2D eigenvalue weighted by atomic mass is 10.2. The molecule has 0 aliphatic carbocycles. The average Bonchev–Trinajstić information content (AvgIpc) is 2.87. The highest BCUT2D eigenvalue weighted by molar-refractivity contribution is 7.99. The average molecular weight is 310 g/mol. The summed E-state index contributed by atoms with van der Waals surface area (Å²) in [6.07, 6.45) is 2.98. The molecule has 108 valence electrons. The van der Waals surface area contributed by atoms with Gasteiger partial charge in [0.15, 0.2) is 0 Å². The number of halogens is 1. The summed E-state index contributed by atoms with van der Waals surface area (Å²) < 4.78 is 1.94. The summed E-state index contributed by atoms with van der Waals surface area (Å²) in [5.41, 5.74) is 1.22. The maximum atomic E-state index is 5.91. The molecule has 1 unspecified atom stereocenters. The third-order valence-electron chi connectivity index (χ3n) is 3.09. The quantitative estimate of drug-likeness (QED) is 0.787. The third kappa shape index (κ3) is 4.27. The van der Waals surface area contributed by atoms with E-state index in [-0.39, 0.29) is 0 Å². The van der Waals surface area contributed by atoms with E-state index < -0.39 is 0 Å². The van der Waals surface area contributed by atoms with Gasteiger partial charge in [0.25, 0.3) is 0 Å². The molecule has 1 N–H and O–H groups in total. The topological polar surface area (TPSA) is 29.9 Å². The molecule has 1 atom stereocenters. The maximum Gasteiger partial charge on any atom is 0.0587 e. The van der Waals surface area contributed by atoms with Gasteiger partial charge in [-0.2, -0.15) is 5.10 Å². The standard InChI is InChI=1S/C15H20ClN3S/c1-3-9-17-14(15-8-10-18-19(15)2)11-20-13-6-4-12(16)5-7-13/h4-8,10,14,17H,3,9,11H2,1-2H3. The monoisotopic (exact) mass is 309 g/mol. The lowest BCUT2D eigenvalue weighted by Crippen LogP contribution is -2.26. The third-order valence-corrected chi connectivity index (χ3v) is 4.44. The van der Waals surface area contributed by atoms with Gasteiger partial charge in [-0.15, -0.1) is 11.8 Å². The Kier molecular flexibility index (Phi) is 5.95. The molecule has 0 saturated heterocycles. The number of benzene rings is 1. The largest absolute Gasteiger partial charge is 0.308 e. The van der Waals surface area contributed by atoms with E-state index in [0.29, 0.717) is 6.04 Å². The summed E-state index contributed by atoms with van der Waals surface area (Å²) in [5.74, 6) is 0.973. The van der Waals surface area contributed by atoms with Crippen molar-refractivity contribution in [2.45, 2.75) is 24.3 Å². The van der Waals surface area contributed by atoms with Crippen molar-refractivity contribution in [3.8, 4) is 0 Å². The normalized spacial score (nSPS) is 12.6. The van der Waals surface area contributed by atoms with Gasteiger partial charge in [0.2, 0.25) is 0 Å². The zero-order chi connectivity index (χ0) is 14.4. The minimum Gasteiger partial charge on any atom is -0.308 e. The molecule has 0 spiro atoms. The van der Waals surface area contributed by atoms with E-state index in [1.54, 1.807) is 0 Å². The van der Waals surface area contributed by atoms with Crippen molar-refractivity contribution in [3.63, 3.8) is 0 Å². The van der Waals surface area contributed by atoms with Crippen molar-refractivity contribution in [2.24, 2.45) is 7.05 Å². The van der Waals surface area contributed by atoms with Crippen LogP contribution in [0.15, 0.2) is 41.4 Å². The maximum absolute atomic E-state index is 5.91.